The van der Waals surface area contributed by atoms with Crippen molar-refractivity contribution in [3.8, 4) is 34.2 Å². The Bertz CT molecular complexity index is 2650. The first-order valence-corrected chi connectivity index (χ1v) is 25.9. The molecule has 9 rings (SSSR count). The van der Waals surface area contributed by atoms with E-state index in [9.17, 15) is 14.4 Å². The molecule has 67 heavy (non-hydrogen) atoms. The van der Waals surface area contributed by atoms with Gasteiger partial charge in [0.15, 0.2) is 22.6 Å². The standard InChI is InChI=1S/C47H56N14O3S3/c1-56-42(36-10-3-2-4-11-36)50-53-45(56)65-29-40(63)58-24-8-12-34(21-26-58)35-17-19-38(20-18-35)44-52-55-47(61(44)49)67-31-41(64)59-25-7-9-33(28-59)27-32-13-15-37(16-14-32)43-51-54-46(60(43)48)66-30-39(62)57-22-5-6-23-57/h2-4,10-11,13-20,33-34H,5-9,12,21-31,48-49H2,1H3. The normalized spacial score (nSPS) is 17.8. The summed E-state index contributed by atoms with van der Waals surface area (Å²) in [5.41, 5.74) is 5.10. The summed E-state index contributed by atoms with van der Waals surface area (Å²) in [6.45, 7) is 4.50. The number of hydrogen-bond donors (Lipinski definition) is 2. The van der Waals surface area contributed by atoms with Gasteiger partial charge in [-0.1, -0.05) is 114 Å². The van der Waals surface area contributed by atoms with E-state index in [0.29, 0.717) is 58.4 Å². The highest BCUT2D eigenvalue weighted by Crippen LogP contribution is 2.32. The summed E-state index contributed by atoms with van der Waals surface area (Å²) < 4.78 is 4.86. The van der Waals surface area contributed by atoms with Crippen molar-refractivity contribution in [1.82, 2.24) is 59.2 Å². The molecule has 3 amide bonds. The molecule has 2 atom stereocenters. The Morgan fingerprint density at radius 3 is 1.67 bits per heavy atom. The van der Waals surface area contributed by atoms with Gasteiger partial charge < -0.3 is 31.0 Å². The van der Waals surface area contributed by atoms with Crippen LogP contribution in [-0.4, -0.2) is 133 Å². The van der Waals surface area contributed by atoms with Crippen molar-refractivity contribution in [2.75, 3.05) is 68.2 Å². The van der Waals surface area contributed by atoms with Crippen molar-refractivity contribution in [3.05, 3.63) is 90.0 Å². The summed E-state index contributed by atoms with van der Waals surface area (Å²) in [5.74, 6) is 16.5. The molecule has 3 aliphatic heterocycles. The molecule has 17 nitrogen and oxygen atoms in total. The zero-order valence-electron chi connectivity index (χ0n) is 37.7. The summed E-state index contributed by atoms with van der Waals surface area (Å²) in [4.78, 5) is 45.1. The van der Waals surface area contributed by atoms with Crippen LogP contribution in [0.15, 0.2) is 94.3 Å². The van der Waals surface area contributed by atoms with Gasteiger partial charge >= 0.3 is 0 Å². The average Bonchev–Trinajstić information content (AvgIpc) is 4.15. The fourth-order valence-corrected chi connectivity index (χ4v) is 11.5. The van der Waals surface area contributed by atoms with E-state index >= 15 is 0 Å². The number of nitrogen functional groups attached to an aromatic ring is 2. The lowest BCUT2D eigenvalue weighted by Gasteiger charge is -2.33. The molecule has 3 saturated heterocycles. The monoisotopic (exact) mass is 960 g/mol. The molecule has 3 fully saturated rings. The lowest BCUT2D eigenvalue weighted by molar-refractivity contribution is -0.130. The first-order valence-electron chi connectivity index (χ1n) is 23.0. The number of piperidine rings is 1. The van der Waals surface area contributed by atoms with Crippen LogP contribution in [0.4, 0.5) is 0 Å². The van der Waals surface area contributed by atoms with Crippen LogP contribution in [0.1, 0.15) is 62.0 Å². The number of benzene rings is 3. The van der Waals surface area contributed by atoms with E-state index in [1.165, 1.54) is 55.8 Å². The summed E-state index contributed by atoms with van der Waals surface area (Å²) in [6.07, 6.45) is 7.78. The molecular formula is C47H56N14O3S3. The Hall–Kier alpha value is -5.86. The van der Waals surface area contributed by atoms with Crippen LogP contribution in [0.5, 0.6) is 0 Å². The molecule has 350 valence electrons. The maximum atomic E-state index is 13.5. The summed E-state index contributed by atoms with van der Waals surface area (Å²) in [7, 11) is 1.93. The number of nitrogens with zero attached hydrogens (tertiary/aromatic N) is 12. The minimum absolute atomic E-state index is 0.0577. The van der Waals surface area contributed by atoms with Gasteiger partial charge in [-0.25, -0.2) is 9.35 Å². The van der Waals surface area contributed by atoms with E-state index in [1.807, 2.05) is 80.9 Å². The number of thioether (sulfide) groups is 3. The van der Waals surface area contributed by atoms with Gasteiger partial charge in [-0.3, -0.25) is 14.4 Å². The maximum Gasteiger partial charge on any atom is 0.233 e. The van der Waals surface area contributed by atoms with Crippen LogP contribution in [-0.2, 0) is 27.9 Å². The number of aromatic nitrogens is 9. The second kappa shape index (κ2) is 21.4. The van der Waals surface area contributed by atoms with Crippen LogP contribution in [0, 0.1) is 5.92 Å². The molecule has 0 spiro atoms. The molecule has 0 aliphatic carbocycles. The first-order chi connectivity index (χ1) is 32.7. The van der Waals surface area contributed by atoms with E-state index in [2.05, 4.69) is 54.9 Å². The number of amides is 3. The molecule has 3 aromatic carbocycles. The third-order valence-corrected chi connectivity index (χ3v) is 15.8. The lowest BCUT2D eigenvalue weighted by Crippen LogP contribution is -2.41. The van der Waals surface area contributed by atoms with Crippen LogP contribution in [0.2, 0.25) is 0 Å². The van der Waals surface area contributed by atoms with Gasteiger partial charge in [0, 0.05) is 63.0 Å². The second-order valence-corrected chi connectivity index (χ2v) is 20.2. The smallest absolute Gasteiger partial charge is 0.233 e. The highest BCUT2D eigenvalue weighted by atomic mass is 32.2. The Balaban J connectivity index is 0.718. The summed E-state index contributed by atoms with van der Waals surface area (Å²) >= 11 is 4.04. The first kappa shape index (κ1) is 46.3. The van der Waals surface area contributed by atoms with Crippen molar-refractivity contribution in [3.63, 3.8) is 0 Å². The van der Waals surface area contributed by atoms with Crippen LogP contribution in [0.25, 0.3) is 34.2 Å². The number of hydrogen-bond acceptors (Lipinski definition) is 14. The SMILES string of the molecule is Cn1c(SCC(=O)N2CCCC(c3ccc(-c4nnc(SCC(=O)N5CCCC(Cc6ccc(-c7nnc(SCC(=O)N8CCCC8)n7N)cc6)C5)n4N)cc3)CC2)nnc1-c1ccccc1. The predicted molar refractivity (Wildman–Crippen MR) is 262 cm³/mol. The van der Waals surface area contributed by atoms with Crippen molar-refractivity contribution >= 4 is 53.0 Å². The van der Waals surface area contributed by atoms with Crippen molar-refractivity contribution in [1.29, 1.82) is 0 Å². The molecule has 0 saturated carbocycles. The van der Waals surface area contributed by atoms with E-state index in [4.69, 9.17) is 11.7 Å². The van der Waals surface area contributed by atoms with Gasteiger partial charge in [-0.05, 0) is 74.3 Å². The Morgan fingerprint density at radius 2 is 1.03 bits per heavy atom. The van der Waals surface area contributed by atoms with Crippen LogP contribution >= 0.6 is 35.3 Å². The fourth-order valence-electron chi connectivity index (χ4n) is 9.21. The molecule has 0 radical (unpaired) electrons. The van der Waals surface area contributed by atoms with Crippen molar-refractivity contribution in [2.24, 2.45) is 13.0 Å². The maximum absolute atomic E-state index is 13.5. The molecule has 3 aliphatic rings. The van der Waals surface area contributed by atoms with E-state index in [0.717, 1.165) is 105 Å². The Labute approximate surface area is 402 Å². The minimum atomic E-state index is 0.0577. The van der Waals surface area contributed by atoms with Gasteiger partial charge in [0.25, 0.3) is 0 Å². The van der Waals surface area contributed by atoms with Crippen LogP contribution < -0.4 is 11.7 Å². The van der Waals surface area contributed by atoms with Gasteiger partial charge in [0.05, 0.1) is 17.3 Å². The van der Waals surface area contributed by atoms with Gasteiger partial charge in [0.1, 0.15) is 0 Å². The van der Waals surface area contributed by atoms with Crippen molar-refractivity contribution in [2.45, 2.75) is 72.8 Å². The highest BCUT2D eigenvalue weighted by Gasteiger charge is 2.27. The molecule has 2 unspecified atom stereocenters. The third kappa shape index (κ3) is 11.0. The number of rotatable bonds is 15. The second-order valence-electron chi connectivity index (χ2n) is 17.4. The lowest BCUT2D eigenvalue weighted by atomic mass is 9.91. The van der Waals surface area contributed by atoms with Gasteiger partial charge in [-0.15, -0.1) is 30.6 Å². The molecule has 20 heteroatoms. The summed E-state index contributed by atoms with van der Waals surface area (Å²) in [5, 5.41) is 27.7. The van der Waals surface area contributed by atoms with Gasteiger partial charge in [0.2, 0.25) is 28.0 Å². The zero-order chi connectivity index (χ0) is 46.3. The quantitative estimate of drug-likeness (QED) is 0.0950. The number of carbonyl (C=O) groups is 3. The molecular weight excluding hydrogens is 905 g/mol. The third-order valence-electron chi connectivity index (χ3n) is 13.0. The number of likely N-dealkylation sites (tertiary alicyclic amines) is 3. The number of nitrogens with two attached hydrogens (primary N) is 2. The topological polar surface area (TPSA) is 205 Å². The molecule has 3 aromatic heterocycles. The highest BCUT2D eigenvalue weighted by molar-refractivity contribution is 8.00. The molecule has 4 N–H and O–H groups in total. The van der Waals surface area contributed by atoms with E-state index in [-0.39, 0.29) is 23.5 Å². The van der Waals surface area contributed by atoms with Gasteiger partial charge in [-0.2, -0.15) is 0 Å². The summed E-state index contributed by atoms with van der Waals surface area (Å²) in [6, 6.07) is 26.4. The van der Waals surface area contributed by atoms with E-state index < -0.39 is 0 Å². The average molecular weight is 961 g/mol. The minimum Gasteiger partial charge on any atom is -0.342 e. The predicted octanol–water partition coefficient (Wildman–Crippen LogP) is 5.60. The Morgan fingerprint density at radius 1 is 0.537 bits per heavy atom. The van der Waals surface area contributed by atoms with Crippen LogP contribution in [0.3, 0.4) is 0 Å². The molecule has 0 bridgehead atoms. The Kier molecular flexibility index (Phi) is 14.8. The van der Waals surface area contributed by atoms with E-state index in [1.54, 1.807) is 0 Å². The molecule has 6 aromatic rings. The van der Waals surface area contributed by atoms with Crippen molar-refractivity contribution < 1.29 is 14.4 Å². The zero-order valence-corrected chi connectivity index (χ0v) is 40.1. The largest absolute Gasteiger partial charge is 0.342 e. The number of carbonyl (C=O) groups excluding carboxylic acids is 3. The molecule has 6 heterocycles. The fraction of sp³-hybridized carbons (Fsp3) is 0.426.